The van der Waals surface area contributed by atoms with Gasteiger partial charge in [-0.25, -0.2) is 0 Å². The van der Waals surface area contributed by atoms with E-state index < -0.39 is 0 Å². The van der Waals surface area contributed by atoms with Crippen molar-refractivity contribution in [3.63, 3.8) is 0 Å². The van der Waals surface area contributed by atoms with E-state index in [0.717, 1.165) is 14.9 Å². The summed E-state index contributed by atoms with van der Waals surface area (Å²) in [7, 11) is 0. The van der Waals surface area contributed by atoms with E-state index in [1.54, 1.807) is 12.4 Å². The first kappa shape index (κ1) is 9.51. The van der Waals surface area contributed by atoms with Gasteiger partial charge in [0.25, 0.3) is 0 Å². The summed E-state index contributed by atoms with van der Waals surface area (Å²) >= 11 is 2.19. The minimum atomic E-state index is 0.569. The lowest BCUT2D eigenvalue weighted by atomic mass is 10.4. The number of ether oxygens (including phenoxy) is 1. The van der Waals surface area contributed by atoms with Crippen LogP contribution in [0.5, 0.6) is 5.75 Å². The van der Waals surface area contributed by atoms with E-state index in [1.165, 1.54) is 0 Å². The van der Waals surface area contributed by atoms with Crippen molar-refractivity contribution >= 4 is 22.6 Å². The Morgan fingerprint density at radius 1 is 1.75 bits per heavy atom. The van der Waals surface area contributed by atoms with Crippen molar-refractivity contribution in [2.45, 2.75) is 6.92 Å². The third kappa shape index (κ3) is 2.81. The highest BCUT2D eigenvalue weighted by molar-refractivity contribution is 14.1. The van der Waals surface area contributed by atoms with Crippen molar-refractivity contribution in [2.75, 3.05) is 6.61 Å². The minimum Gasteiger partial charge on any atom is -0.488 e. The lowest BCUT2D eigenvalue weighted by molar-refractivity contribution is 0.350. The van der Waals surface area contributed by atoms with E-state index in [9.17, 15) is 0 Å². The lowest BCUT2D eigenvalue weighted by Gasteiger charge is -2.06. The first-order chi connectivity index (χ1) is 5.70. The number of pyridine rings is 1. The number of halogens is 1. The summed E-state index contributed by atoms with van der Waals surface area (Å²) in [6.07, 6.45) is 3.49. The molecule has 3 heteroatoms. The van der Waals surface area contributed by atoms with Crippen LogP contribution in [-0.2, 0) is 0 Å². The zero-order valence-electron chi connectivity index (χ0n) is 6.88. The highest BCUT2D eigenvalue weighted by Gasteiger charge is 1.98. The smallest absolute Gasteiger partial charge is 0.136 e. The summed E-state index contributed by atoms with van der Waals surface area (Å²) in [5, 5.41) is 0. The molecule has 0 saturated heterocycles. The Hall–Kier alpha value is -0.580. The SMILES string of the molecule is C=C(C)COc1ccncc1I. The molecule has 1 aromatic heterocycles. The summed E-state index contributed by atoms with van der Waals surface area (Å²) in [6.45, 7) is 6.26. The zero-order valence-corrected chi connectivity index (χ0v) is 9.04. The van der Waals surface area contributed by atoms with Crippen LogP contribution in [0.15, 0.2) is 30.6 Å². The summed E-state index contributed by atoms with van der Waals surface area (Å²) in [4.78, 5) is 3.96. The van der Waals surface area contributed by atoms with Crippen molar-refractivity contribution in [3.05, 3.63) is 34.2 Å². The molecular weight excluding hydrogens is 265 g/mol. The Balaban J connectivity index is 2.63. The van der Waals surface area contributed by atoms with Gasteiger partial charge in [0.1, 0.15) is 12.4 Å². The molecule has 1 aromatic rings. The Morgan fingerprint density at radius 3 is 3.08 bits per heavy atom. The van der Waals surface area contributed by atoms with Crippen molar-refractivity contribution in [3.8, 4) is 5.75 Å². The summed E-state index contributed by atoms with van der Waals surface area (Å²) in [5.41, 5.74) is 1.02. The normalized spacial score (nSPS) is 9.50. The third-order valence-corrected chi connectivity index (χ3v) is 2.02. The highest BCUT2D eigenvalue weighted by Crippen LogP contribution is 2.18. The van der Waals surface area contributed by atoms with Crippen molar-refractivity contribution in [1.29, 1.82) is 0 Å². The summed E-state index contributed by atoms with van der Waals surface area (Å²) in [6, 6.07) is 1.85. The van der Waals surface area contributed by atoms with Gasteiger partial charge < -0.3 is 4.74 Å². The van der Waals surface area contributed by atoms with Gasteiger partial charge in [-0.15, -0.1) is 0 Å². The fourth-order valence-corrected chi connectivity index (χ4v) is 1.18. The van der Waals surface area contributed by atoms with Gasteiger partial charge in [0, 0.05) is 12.4 Å². The molecule has 0 spiro atoms. The zero-order chi connectivity index (χ0) is 8.97. The predicted octanol–water partition coefficient (Wildman–Crippen LogP) is 2.64. The Morgan fingerprint density at radius 2 is 2.50 bits per heavy atom. The number of hydrogen-bond acceptors (Lipinski definition) is 2. The standard InChI is InChI=1S/C9H10INO/c1-7(2)6-12-9-3-4-11-5-8(9)10/h3-5H,1,6H2,2H3. The van der Waals surface area contributed by atoms with Crippen molar-refractivity contribution in [1.82, 2.24) is 4.98 Å². The molecule has 0 radical (unpaired) electrons. The molecule has 0 aliphatic rings. The Kier molecular flexibility index (Phi) is 3.52. The number of hydrogen-bond donors (Lipinski definition) is 0. The molecule has 0 aromatic carbocycles. The average Bonchev–Trinajstić information content (AvgIpc) is 2.03. The Bertz CT molecular complexity index is 286. The second-order valence-electron chi connectivity index (χ2n) is 2.55. The molecule has 64 valence electrons. The fourth-order valence-electron chi connectivity index (χ4n) is 0.680. The fraction of sp³-hybridized carbons (Fsp3) is 0.222. The van der Waals surface area contributed by atoms with Crippen LogP contribution >= 0.6 is 22.6 Å². The van der Waals surface area contributed by atoms with E-state index >= 15 is 0 Å². The number of aromatic nitrogens is 1. The molecule has 0 amide bonds. The molecule has 12 heavy (non-hydrogen) atoms. The second-order valence-corrected chi connectivity index (χ2v) is 3.71. The van der Waals surface area contributed by atoms with Crippen molar-refractivity contribution in [2.24, 2.45) is 0 Å². The van der Waals surface area contributed by atoms with Crippen LogP contribution in [0, 0.1) is 3.57 Å². The molecule has 1 heterocycles. The maximum Gasteiger partial charge on any atom is 0.136 e. The quantitative estimate of drug-likeness (QED) is 0.625. The highest BCUT2D eigenvalue weighted by atomic mass is 127. The first-order valence-corrected chi connectivity index (χ1v) is 4.64. The molecule has 0 aliphatic carbocycles. The molecule has 0 fully saturated rings. The van der Waals surface area contributed by atoms with Crippen LogP contribution in [0.2, 0.25) is 0 Å². The Labute approximate surface area is 85.8 Å². The minimum absolute atomic E-state index is 0.569. The van der Waals surface area contributed by atoms with Crippen LogP contribution in [0.4, 0.5) is 0 Å². The van der Waals surface area contributed by atoms with Crippen LogP contribution in [-0.4, -0.2) is 11.6 Å². The molecule has 0 bridgehead atoms. The van der Waals surface area contributed by atoms with E-state index in [4.69, 9.17) is 4.74 Å². The van der Waals surface area contributed by atoms with Gasteiger partial charge in [-0.2, -0.15) is 0 Å². The lowest BCUT2D eigenvalue weighted by Crippen LogP contribution is -1.99. The molecule has 0 N–H and O–H groups in total. The largest absolute Gasteiger partial charge is 0.488 e. The summed E-state index contributed by atoms with van der Waals surface area (Å²) < 4.78 is 6.48. The monoisotopic (exact) mass is 275 g/mol. The average molecular weight is 275 g/mol. The number of nitrogens with zero attached hydrogens (tertiary/aromatic N) is 1. The van der Waals surface area contributed by atoms with Gasteiger partial charge in [-0.05, 0) is 41.2 Å². The van der Waals surface area contributed by atoms with E-state index in [2.05, 4.69) is 34.2 Å². The van der Waals surface area contributed by atoms with Gasteiger partial charge in [0.05, 0.1) is 3.57 Å². The third-order valence-electron chi connectivity index (χ3n) is 1.21. The second kappa shape index (κ2) is 4.45. The predicted molar refractivity (Wildman–Crippen MR) is 57.3 cm³/mol. The first-order valence-electron chi connectivity index (χ1n) is 3.57. The van der Waals surface area contributed by atoms with E-state index in [-0.39, 0.29) is 0 Å². The van der Waals surface area contributed by atoms with E-state index in [0.29, 0.717) is 6.61 Å². The maximum atomic E-state index is 5.45. The molecule has 1 rings (SSSR count). The van der Waals surface area contributed by atoms with Crippen LogP contribution in [0.1, 0.15) is 6.92 Å². The summed E-state index contributed by atoms with van der Waals surface area (Å²) in [5.74, 6) is 0.869. The van der Waals surface area contributed by atoms with Crippen LogP contribution < -0.4 is 4.74 Å². The molecular formula is C9H10INO. The maximum absolute atomic E-state index is 5.45. The van der Waals surface area contributed by atoms with E-state index in [1.807, 2.05) is 13.0 Å². The molecule has 0 unspecified atom stereocenters. The number of rotatable bonds is 3. The molecule has 0 atom stereocenters. The van der Waals surface area contributed by atoms with Crippen LogP contribution in [0.25, 0.3) is 0 Å². The molecule has 2 nitrogen and oxygen atoms in total. The van der Waals surface area contributed by atoms with Gasteiger partial charge in [-0.1, -0.05) is 6.58 Å². The van der Waals surface area contributed by atoms with Gasteiger partial charge in [0.15, 0.2) is 0 Å². The molecule has 0 saturated carbocycles. The topological polar surface area (TPSA) is 22.1 Å². The molecule has 0 aliphatic heterocycles. The van der Waals surface area contributed by atoms with Gasteiger partial charge in [-0.3, -0.25) is 4.98 Å². The van der Waals surface area contributed by atoms with Gasteiger partial charge in [0.2, 0.25) is 0 Å². The van der Waals surface area contributed by atoms with Crippen LogP contribution in [0.3, 0.4) is 0 Å². The van der Waals surface area contributed by atoms with Gasteiger partial charge >= 0.3 is 0 Å². The van der Waals surface area contributed by atoms with Crippen molar-refractivity contribution < 1.29 is 4.74 Å².